The maximum absolute atomic E-state index is 13.2. The van der Waals surface area contributed by atoms with Gasteiger partial charge in [0.25, 0.3) is 0 Å². The van der Waals surface area contributed by atoms with E-state index in [-0.39, 0.29) is 11.5 Å². The molecule has 0 fully saturated rings. The van der Waals surface area contributed by atoms with E-state index in [2.05, 4.69) is 20.2 Å². The van der Waals surface area contributed by atoms with Gasteiger partial charge in [-0.1, -0.05) is 0 Å². The van der Waals surface area contributed by atoms with Crippen LogP contribution in [0, 0.1) is 5.82 Å². The third-order valence-corrected chi connectivity index (χ3v) is 1.57. The molecule has 2 rings (SSSR count). The minimum Gasteiger partial charge on any atom is -0.380 e. The largest absolute Gasteiger partial charge is 0.380 e. The second kappa shape index (κ2) is 2.81. The van der Waals surface area contributed by atoms with Crippen molar-refractivity contribution < 1.29 is 4.39 Å². The summed E-state index contributed by atoms with van der Waals surface area (Å²) in [5.74, 6) is -0.743. The van der Waals surface area contributed by atoms with Crippen molar-refractivity contribution in [2.45, 2.75) is 0 Å². The quantitative estimate of drug-likeness (QED) is 0.671. The number of hydrogen-bond donors (Lipinski definition) is 2. The molecule has 2 aromatic heterocycles. The highest BCUT2D eigenvalue weighted by molar-refractivity contribution is 5.58. The molecule has 0 spiro atoms. The minimum absolute atomic E-state index is 0.159. The number of rotatable bonds is 1. The summed E-state index contributed by atoms with van der Waals surface area (Å²) < 4.78 is 13.2. The Kier molecular flexibility index (Phi) is 1.66. The van der Waals surface area contributed by atoms with Crippen molar-refractivity contribution in [1.29, 1.82) is 0 Å². The van der Waals surface area contributed by atoms with Gasteiger partial charge in [-0.05, 0) is 6.07 Å². The van der Waals surface area contributed by atoms with E-state index in [1.807, 2.05) is 0 Å². The first kappa shape index (κ1) is 7.66. The van der Waals surface area contributed by atoms with Crippen LogP contribution in [0.2, 0.25) is 0 Å². The van der Waals surface area contributed by atoms with Gasteiger partial charge in [-0.3, -0.25) is 5.10 Å². The topological polar surface area (TPSA) is 80.5 Å². The third kappa shape index (κ3) is 1.22. The van der Waals surface area contributed by atoms with Crippen LogP contribution in [0.25, 0.3) is 11.4 Å². The van der Waals surface area contributed by atoms with Crippen molar-refractivity contribution in [3.05, 3.63) is 24.4 Å². The maximum atomic E-state index is 13.2. The first-order valence-electron chi connectivity index (χ1n) is 3.55. The summed E-state index contributed by atoms with van der Waals surface area (Å²) in [6.07, 6.45) is 2.84. The standard InChI is InChI=1S/C7H6FN5/c8-5-6(12-13-7(5)9)4-1-2-10-3-11-4/h1-3H,(H3,9,12,13). The average molecular weight is 179 g/mol. The van der Waals surface area contributed by atoms with Crippen molar-refractivity contribution in [3.63, 3.8) is 0 Å². The summed E-state index contributed by atoms with van der Waals surface area (Å²) >= 11 is 0. The zero-order valence-electron chi connectivity index (χ0n) is 6.53. The molecule has 2 heterocycles. The Morgan fingerprint density at radius 3 is 2.85 bits per heavy atom. The van der Waals surface area contributed by atoms with Crippen LogP contribution < -0.4 is 5.73 Å². The number of nitrogens with zero attached hydrogens (tertiary/aromatic N) is 3. The van der Waals surface area contributed by atoms with E-state index in [1.165, 1.54) is 12.5 Å². The van der Waals surface area contributed by atoms with Crippen molar-refractivity contribution in [3.8, 4) is 11.4 Å². The van der Waals surface area contributed by atoms with E-state index in [1.54, 1.807) is 6.07 Å². The van der Waals surface area contributed by atoms with Gasteiger partial charge < -0.3 is 5.73 Å². The van der Waals surface area contributed by atoms with Gasteiger partial charge in [0.05, 0.1) is 5.69 Å². The lowest BCUT2D eigenvalue weighted by Gasteiger charge is -1.93. The minimum atomic E-state index is -0.585. The molecule has 0 radical (unpaired) electrons. The molecule has 0 saturated heterocycles. The van der Waals surface area contributed by atoms with Crippen LogP contribution in [0.4, 0.5) is 10.2 Å². The molecule has 6 heteroatoms. The van der Waals surface area contributed by atoms with Gasteiger partial charge in [0.2, 0.25) is 0 Å². The Bertz CT molecular complexity index is 410. The van der Waals surface area contributed by atoms with Crippen LogP contribution in [0.15, 0.2) is 18.6 Å². The lowest BCUT2D eigenvalue weighted by molar-refractivity contribution is 0.636. The summed E-state index contributed by atoms with van der Waals surface area (Å²) in [5.41, 5.74) is 5.83. The lowest BCUT2D eigenvalue weighted by atomic mass is 10.3. The molecular formula is C7H6FN5. The van der Waals surface area contributed by atoms with Crippen LogP contribution in [0.3, 0.4) is 0 Å². The fourth-order valence-corrected chi connectivity index (χ4v) is 0.951. The fourth-order valence-electron chi connectivity index (χ4n) is 0.951. The number of hydrogen-bond acceptors (Lipinski definition) is 4. The molecule has 66 valence electrons. The molecule has 3 N–H and O–H groups in total. The van der Waals surface area contributed by atoms with Crippen LogP contribution in [-0.4, -0.2) is 20.2 Å². The molecule has 0 aliphatic rings. The van der Waals surface area contributed by atoms with Gasteiger partial charge in [-0.25, -0.2) is 14.4 Å². The Hall–Kier alpha value is -1.98. The number of aromatic amines is 1. The predicted molar refractivity (Wildman–Crippen MR) is 44.0 cm³/mol. The molecule has 13 heavy (non-hydrogen) atoms. The third-order valence-electron chi connectivity index (χ3n) is 1.57. The van der Waals surface area contributed by atoms with Crippen molar-refractivity contribution in [2.24, 2.45) is 0 Å². The number of nitrogens with one attached hydrogen (secondary N) is 1. The SMILES string of the molecule is Nc1n[nH]c(-c2ccncn2)c1F. The fraction of sp³-hybridized carbons (Fsp3) is 0. The zero-order chi connectivity index (χ0) is 9.26. The Morgan fingerprint density at radius 2 is 2.31 bits per heavy atom. The van der Waals surface area contributed by atoms with E-state index in [0.29, 0.717) is 5.69 Å². The predicted octanol–water partition coefficient (Wildman–Crippen LogP) is 0.588. The first-order chi connectivity index (χ1) is 6.29. The molecule has 0 amide bonds. The highest BCUT2D eigenvalue weighted by Crippen LogP contribution is 2.20. The van der Waals surface area contributed by atoms with Gasteiger partial charge >= 0.3 is 0 Å². The van der Waals surface area contributed by atoms with Gasteiger partial charge in [0, 0.05) is 6.20 Å². The molecule has 0 unspecified atom stereocenters. The van der Waals surface area contributed by atoms with E-state index < -0.39 is 5.82 Å². The number of H-pyrrole nitrogens is 1. The molecule has 0 aliphatic heterocycles. The Morgan fingerprint density at radius 1 is 1.46 bits per heavy atom. The summed E-state index contributed by atoms with van der Waals surface area (Å²) in [6.45, 7) is 0. The molecule has 0 saturated carbocycles. The summed E-state index contributed by atoms with van der Waals surface area (Å²) in [4.78, 5) is 7.55. The lowest BCUT2D eigenvalue weighted by Crippen LogP contribution is -1.89. The molecule has 0 aliphatic carbocycles. The molecule has 0 aromatic carbocycles. The average Bonchev–Trinajstić information content (AvgIpc) is 2.49. The highest BCUT2D eigenvalue weighted by Gasteiger charge is 2.12. The molecular weight excluding hydrogens is 173 g/mol. The molecule has 2 aromatic rings. The van der Waals surface area contributed by atoms with E-state index in [0.717, 1.165) is 0 Å². The maximum Gasteiger partial charge on any atom is 0.194 e. The summed E-state index contributed by atoms with van der Waals surface area (Å²) in [5, 5.41) is 5.96. The number of nitrogen functional groups attached to an aromatic ring is 1. The van der Waals surface area contributed by atoms with Gasteiger partial charge in [-0.15, -0.1) is 0 Å². The molecule has 0 atom stereocenters. The van der Waals surface area contributed by atoms with Crippen molar-refractivity contribution >= 4 is 5.82 Å². The number of anilines is 1. The van der Waals surface area contributed by atoms with Crippen LogP contribution in [0.5, 0.6) is 0 Å². The van der Waals surface area contributed by atoms with Gasteiger partial charge in [0.1, 0.15) is 12.0 Å². The highest BCUT2D eigenvalue weighted by atomic mass is 19.1. The van der Waals surface area contributed by atoms with E-state index in [4.69, 9.17) is 5.73 Å². The van der Waals surface area contributed by atoms with E-state index in [9.17, 15) is 4.39 Å². The van der Waals surface area contributed by atoms with Crippen molar-refractivity contribution in [1.82, 2.24) is 20.2 Å². The van der Waals surface area contributed by atoms with Gasteiger partial charge in [-0.2, -0.15) is 5.10 Å². The van der Waals surface area contributed by atoms with Crippen LogP contribution in [0.1, 0.15) is 0 Å². The zero-order valence-corrected chi connectivity index (χ0v) is 6.53. The summed E-state index contributed by atoms with van der Waals surface area (Å²) in [7, 11) is 0. The second-order valence-corrected chi connectivity index (χ2v) is 2.39. The van der Waals surface area contributed by atoms with Crippen LogP contribution >= 0.6 is 0 Å². The smallest absolute Gasteiger partial charge is 0.194 e. The van der Waals surface area contributed by atoms with Crippen LogP contribution in [-0.2, 0) is 0 Å². The van der Waals surface area contributed by atoms with Gasteiger partial charge in [0.15, 0.2) is 11.6 Å². The number of halogens is 1. The van der Waals surface area contributed by atoms with Crippen molar-refractivity contribution in [2.75, 3.05) is 5.73 Å². The number of nitrogens with two attached hydrogens (primary N) is 1. The van der Waals surface area contributed by atoms with E-state index >= 15 is 0 Å². The Labute approximate surface area is 72.8 Å². The first-order valence-corrected chi connectivity index (χ1v) is 3.55. The Balaban J connectivity index is 2.53. The normalized spacial score (nSPS) is 10.2. The summed E-state index contributed by atoms with van der Waals surface area (Å²) in [6, 6.07) is 1.57. The number of aromatic nitrogens is 4. The second-order valence-electron chi connectivity index (χ2n) is 2.39. The molecule has 0 bridgehead atoms. The monoisotopic (exact) mass is 179 g/mol. The molecule has 5 nitrogen and oxygen atoms in total.